The Hall–Kier alpha value is -1.53. The highest BCUT2D eigenvalue weighted by atomic mass is 32.2. The average molecular weight is 459 g/mol. The van der Waals surface area contributed by atoms with Gasteiger partial charge in [-0.1, -0.05) is 12.5 Å². The lowest BCUT2D eigenvalue weighted by atomic mass is 10.0. The summed E-state index contributed by atoms with van der Waals surface area (Å²) < 4.78 is 32.9. The van der Waals surface area contributed by atoms with Crippen molar-refractivity contribution in [1.29, 1.82) is 0 Å². The van der Waals surface area contributed by atoms with Gasteiger partial charge in [-0.2, -0.15) is 4.31 Å². The quantitative estimate of drug-likeness (QED) is 0.541. The SMILES string of the molecule is O=C(NCC[C@@H]1CCCCN1S(=O)(=O)c1cccs1)C(=O)NCCN1CCOCC1. The Morgan fingerprint density at radius 3 is 2.53 bits per heavy atom. The number of nitrogens with zero attached hydrogens (tertiary/aromatic N) is 2. The molecule has 2 aliphatic heterocycles. The second-order valence-corrected chi connectivity index (χ2v) is 10.5. The third-order valence-corrected chi connectivity index (χ3v) is 8.74. The highest BCUT2D eigenvalue weighted by molar-refractivity contribution is 7.91. The Kier molecular flexibility index (Phi) is 8.63. The van der Waals surface area contributed by atoms with Gasteiger partial charge in [0, 0.05) is 45.3 Å². The minimum absolute atomic E-state index is 0.171. The molecule has 11 heteroatoms. The third-order valence-electron chi connectivity index (χ3n) is 5.42. The second-order valence-electron chi connectivity index (χ2n) is 7.45. The number of sulfonamides is 1. The lowest BCUT2D eigenvalue weighted by Crippen LogP contribution is -2.47. The molecule has 0 spiro atoms. The Balaban J connectivity index is 1.41. The summed E-state index contributed by atoms with van der Waals surface area (Å²) in [5.41, 5.74) is 0. The molecule has 30 heavy (non-hydrogen) atoms. The maximum atomic E-state index is 12.9. The summed E-state index contributed by atoms with van der Waals surface area (Å²) >= 11 is 1.21. The minimum atomic E-state index is -3.51. The molecular formula is C19H30N4O5S2. The van der Waals surface area contributed by atoms with Crippen LogP contribution in [0.1, 0.15) is 25.7 Å². The van der Waals surface area contributed by atoms with Gasteiger partial charge in [-0.25, -0.2) is 8.42 Å². The van der Waals surface area contributed by atoms with E-state index in [1.165, 1.54) is 11.3 Å². The predicted octanol–water partition coefficient (Wildman–Crippen LogP) is 0.246. The molecule has 2 saturated heterocycles. The van der Waals surface area contributed by atoms with Gasteiger partial charge in [0.15, 0.2) is 0 Å². The van der Waals surface area contributed by atoms with Crippen LogP contribution >= 0.6 is 11.3 Å². The van der Waals surface area contributed by atoms with Crippen LogP contribution in [0.15, 0.2) is 21.7 Å². The van der Waals surface area contributed by atoms with Crippen molar-refractivity contribution in [3.05, 3.63) is 17.5 Å². The fraction of sp³-hybridized carbons (Fsp3) is 0.684. The first-order valence-electron chi connectivity index (χ1n) is 10.4. The zero-order chi connectivity index (χ0) is 21.4. The number of morpholine rings is 1. The van der Waals surface area contributed by atoms with Crippen LogP contribution in [0.25, 0.3) is 0 Å². The van der Waals surface area contributed by atoms with E-state index in [2.05, 4.69) is 15.5 Å². The van der Waals surface area contributed by atoms with Crippen molar-refractivity contribution in [1.82, 2.24) is 19.8 Å². The maximum Gasteiger partial charge on any atom is 0.309 e. The molecule has 0 saturated carbocycles. The van der Waals surface area contributed by atoms with E-state index in [0.29, 0.717) is 43.5 Å². The number of rotatable bonds is 8. The van der Waals surface area contributed by atoms with Crippen LogP contribution in [0, 0.1) is 0 Å². The highest BCUT2D eigenvalue weighted by Crippen LogP contribution is 2.28. The van der Waals surface area contributed by atoms with E-state index in [-0.39, 0.29) is 12.6 Å². The molecule has 3 rings (SSSR count). The molecule has 0 aromatic carbocycles. The summed E-state index contributed by atoms with van der Waals surface area (Å²) in [6, 6.07) is 3.18. The summed E-state index contributed by atoms with van der Waals surface area (Å²) in [6.07, 6.45) is 3.03. The number of ether oxygens (including phenoxy) is 1. The summed E-state index contributed by atoms with van der Waals surface area (Å²) in [6.45, 7) is 4.87. The summed E-state index contributed by atoms with van der Waals surface area (Å²) in [5.74, 6) is -1.34. The lowest BCUT2D eigenvalue weighted by Gasteiger charge is -2.34. The number of nitrogens with one attached hydrogen (secondary N) is 2. The lowest BCUT2D eigenvalue weighted by molar-refractivity contribution is -0.139. The largest absolute Gasteiger partial charge is 0.379 e. The number of amides is 2. The second kappa shape index (κ2) is 11.2. The Bertz CT molecular complexity index is 794. The fourth-order valence-corrected chi connectivity index (χ4v) is 6.61. The number of carbonyl (C=O) groups is 2. The first kappa shape index (κ1) is 23.1. The van der Waals surface area contributed by atoms with Crippen molar-refractivity contribution in [3.8, 4) is 0 Å². The number of hydrogen-bond acceptors (Lipinski definition) is 7. The molecule has 2 fully saturated rings. The first-order chi connectivity index (χ1) is 14.5. The zero-order valence-corrected chi connectivity index (χ0v) is 18.7. The molecule has 2 aliphatic rings. The van der Waals surface area contributed by atoms with Crippen LogP contribution in [-0.2, 0) is 24.3 Å². The molecule has 9 nitrogen and oxygen atoms in total. The van der Waals surface area contributed by atoms with Crippen molar-refractivity contribution in [3.63, 3.8) is 0 Å². The molecule has 168 valence electrons. The van der Waals surface area contributed by atoms with E-state index in [4.69, 9.17) is 4.74 Å². The van der Waals surface area contributed by atoms with E-state index in [1.807, 2.05) is 0 Å². The van der Waals surface area contributed by atoms with Gasteiger partial charge in [0.05, 0.1) is 13.2 Å². The van der Waals surface area contributed by atoms with Gasteiger partial charge >= 0.3 is 11.8 Å². The van der Waals surface area contributed by atoms with Gasteiger partial charge in [0.2, 0.25) is 0 Å². The molecule has 2 N–H and O–H groups in total. The Morgan fingerprint density at radius 2 is 1.83 bits per heavy atom. The van der Waals surface area contributed by atoms with Crippen LogP contribution in [-0.4, -0.2) is 88.0 Å². The summed E-state index contributed by atoms with van der Waals surface area (Å²) in [5, 5.41) is 7.01. The topological polar surface area (TPSA) is 108 Å². The molecule has 0 unspecified atom stereocenters. The molecule has 3 heterocycles. The number of carbonyl (C=O) groups excluding carboxylic acids is 2. The Morgan fingerprint density at radius 1 is 1.10 bits per heavy atom. The van der Waals surface area contributed by atoms with Crippen molar-refractivity contribution in [2.75, 3.05) is 52.5 Å². The zero-order valence-electron chi connectivity index (χ0n) is 17.0. The van der Waals surface area contributed by atoms with Crippen LogP contribution < -0.4 is 10.6 Å². The maximum absolute atomic E-state index is 12.9. The van der Waals surface area contributed by atoms with Crippen LogP contribution in [0.2, 0.25) is 0 Å². The van der Waals surface area contributed by atoms with E-state index in [0.717, 1.165) is 32.4 Å². The first-order valence-corrected chi connectivity index (χ1v) is 12.7. The van der Waals surface area contributed by atoms with Gasteiger partial charge in [0.1, 0.15) is 4.21 Å². The smallest absolute Gasteiger partial charge is 0.309 e. The van der Waals surface area contributed by atoms with E-state index in [9.17, 15) is 18.0 Å². The van der Waals surface area contributed by atoms with Crippen molar-refractivity contribution in [2.45, 2.75) is 35.9 Å². The standard InChI is InChI=1S/C19H30N4O5S2/c24-18(19(25)21-8-10-22-11-13-28-14-12-22)20-7-6-16-4-1-2-9-23(16)30(26,27)17-5-3-15-29-17/h3,5,15-16H,1-2,4,6-14H2,(H,20,24)(H,21,25)/t16-/m0/s1. The fourth-order valence-electron chi connectivity index (χ4n) is 3.77. The minimum Gasteiger partial charge on any atom is -0.379 e. The van der Waals surface area contributed by atoms with Gasteiger partial charge < -0.3 is 15.4 Å². The molecule has 0 bridgehead atoms. The van der Waals surface area contributed by atoms with Gasteiger partial charge in [-0.15, -0.1) is 11.3 Å². The molecule has 0 aliphatic carbocycles. The summed E-state index contributed by atoms with van der Waals surface area (Å²) in [7, 11) is -3.51. The van der Waals surface area contributed by atoms with Crippen LogP contribution in [0.5, 0.6) is 0 Å². The van der Waals surface area contributed by atoms with Gasteiger partial charge in [-0.3, -0.25) is 14.5 Å². The predicted molar refractivity (Wildman–Crippen MR) is 114 cm³/mol. The molecule has 1 aromatic rings. The molecule has 1 aromatic heterocycles. The van der Waals surface area contributed by atoms with Crippen molar-refractivity contribution >= 4 is 33.2 Å². The van der Waals surface area contributed by atoms with Gasteiger partial charge in [0.25, 0.3) is 10.0 Å². The molecule has 0 radical (unpaired) electrons. The monoisotopic (exact) mass is 458 g/mol. The van der Waals surface area contributed by atoms with Gasteiger partial charge in [-0.05, 0) is 30.7 Å². The number of hydrogen-bond donors (Lipinski definition) is 2. The van der Waals surface area contributed by atoms with E-state index in [1.54, 1.807) is 21.8 Å². The van der Waals surface area contributed by atoms with Crippen molar-refractivity contribution in [2.24, 2.45) is 0 Å². The third kappa shape index (κ3) is 6.24. The Labute approximate surface area is 181 Å². The normalized spacial score (nSPS) is 21.3. The highest BCUT2D eigenvalue weighted by Gasteiger charge is 2.33. The number of piperidine rings is 1. The van der Waals surface area contributed by atoms with E-state index < -0.39 is 21.8 Å². The summed E-state index contributed by atoms with van der Waals surface area (Å²) in [4.78, 5) is 26.2. The molecule has 1 atom stereocenters. The van der Waals surface area contributed by atoms with E-state index >= 15 is 0 Å². The molecular weight excluding hydrogens is 428 g/mol. The van der Waals surface area contributed by atoms with Crippen molar-refractivity contribution < 1.29 is 22.7 Å². The van der Waals surface area contributed by atoms with Crippen LogP contribution in [0.3, 0.4) is 0 Å². The molecule has 2 amide bonds. The van der Waals surface area contributed by atoms with Crippen LogP contribution in [0.4, 0.5) is 0 Å². The number of thiophene rings is 1. The average Bonchev–Trinajstić information content (AvgIpc) is 3.30.